The summed E-state index contributed by atoms with van der Waals surface area (Å²) in [6, 6.07) is 11.9. The van der Waals surface area contributed by atoms with Crippen LogP contribution in [0.1, 0.15) is 55.1 Å². The average molecular weight is 510 g/mol. The smallest absolute Gasteiger partial charge is 0.343 e. The van der Waals surface area contributed by atoms with Gasteiger partial charge in [0.15, 0.2) is 0 Å². The van der Waals surface area contributed by atoms with Gasteiger partial charge in [0, 0.05) is 11.1 Å². The van der Waals surface area contributed by atoms with E-state index in [9.17, 15) is 19.2 Å². The second kappa shape index (κ2) is 14.2. The molecule has 4 N–H and O–H groups in total. The van der Waals surface area contributed by atoms with Crippen molar-refractivity contribution in [3.63, 3.8) is 0 Å². The third-order valence-corrected chi connectivity index (χ3v) is 5.04. The Morgan fingerprint density at radius 1 is 0.892 bits per heavy atom. The van der Waals surface area contributed by atoms with Gasteiger partial charge in [-0.05, 0) is 68.8 Å². The number of nitrogens with one attached hydrogen (secondary N) is 2. The maximum absolute atomic E-state index is 12.7. The fourth-order valence-electron chi connectivity index (χ4n) is 3.22. The molecule has 0 aliphatic carbocycles. The van der Waals surface area contributed by atoms with Crippen molar-refractivity contribution in [3.05, 3.63) is 70.8 Å². The van der Waals surface area contributed by atoms with E-state index in [1.54, 1.807) is 75.4 Å². The van der Waals surface area contributed by atoms with Crippen LogP contribution in [0.2, 0.25) is 0 Å². The second-order valence-corrected chi connectivity index (χ2v) is 7.97. The van der Waals surface area contributed by atoms with Crippen LogP contribution < -0.4 is 15.8 Å². The minimum Gasteiger partial charge on any atom is -0.466 e. The quantitative estimate of drug-likeness (QED) is 0.130. The molecule has 196 valence electrons. The van der Waals surface area contributed by atoms with E-state index in [-0.39, 0.29) is 31.9 Å². The Balaban J connectivity index is 2.03. The number of nitrogen functional groups attached to an aromatic ring is 1. The molecule has 0 fully saturated rings. The molecule has 0 radical (unpaired) electrons. The van der Waals surface area contributed by atoms with Gasteiger partial charge in [0.05, 0.1) is 37.7 Å². The number of benzene rings is 2. The first-order chi connectivity index (χ1) is 17.6. The molecule has 0 spiro atoms. The van der Waals surface area contributed by atoms with Crippen molar-refractivity contribution in [2.24, 2.45) is 5.73 Å². The maximum atomic E-state index is 12.7. The number of hydrogen-bond donors (Lipinski definition) is 3. The highest BCUT2D eigenvalue weighted by molar-refractivity contribution is 5.98. The van der Waals surface area contributed by atoms with Crippen LogP contribution in [0.15, 0.2) is 54.1 Å². The molecule has 2 aromatic carbocycles. The molecule has 1 amide bonds. The van der Waals surface area contributed by atoms with Crippen molar-refractivity contribution in [2.45, 2.75) is 39.7 Å². The lowest BCUT2D eigenvalue weighted by molar-refractivity contribution is -0.146. The van der Waals surface area contributed by atoms with Crippen molar-refractivity contribution in [3.8, 4) is 5.75 Å². The first-order valence-electron chi connectivity index (χ1n) is 11.7. The van der Waals surface area contributed by atoms with Gasteiger partial charge in [-0.2, -0.15) is 0 Å². The molecule has 37 heavy (non-hydrogen) atoms. The molecular formula is C27H31N3O7. The second-order valence-electron chi connectivity index (χ2n) is 7.97. The van der Waals surface area contributed by atoms with Crippen molar-refractivity contribution in [1.29, 1.82) is 5.41 Å². The van der Waals surface area contributed by atoms with Gasteiger partial charge in [-0.3, -0.25) is 19.8 Å². The van der Waals surface area contributed by atoms with Crippen LogP contribution in [-0.4, -0.2) is 48.9 Å². The third kappa shape index (κ3) is 9.60. The molecule has 2 rings (SSSR count). The molecule has 0 atom stereocenters. The largest absolute Gasteiger partial charge is 0.466 e. The molecule has 2 aromatic rings. The van der Waals surface area contributed by atoms with E-state index in [1.807, 2.05) is 0 Å². The maximum Gasteiger partial charge on any atom is 0.343 e. The summed E-state index contributed by atoms with van der Waals surface area (Å²) in [4.78, 5) is 48.9. The number of nitrogens with two attached hydrogens (primary N) is 1. The summed E-state index contributed by atoms with van der Waals surface area (Å²) in [6.07, 6.45) is 1.27. The van der Waals surface area contributed by atoms with Crippen LogP contribution in [0.4, 0.5) is 0 Å². The number of carbonyl (C=O) groups is 4. The topological polar surface area (TPSA) is 158 Å². The van der Waals surface area contributed by atoms with Crippen LogP contribution >= 0.6 is 0 Å². The van der Waals surface area contributed by atoms with Gasteiger partial charge in [0.2, 0.25) is 5.91 Å². The summed E-state index contributed by atoms with van der Waals surface area (Å²) in [5, 5.41) is 10.1. The summed E-state index contributed by atoms with van der Waals surface area (Å²) < 4.78 is 15.2. The normalized spacial score (nSPS) is 11.0. The minimum absolute atomic E-state index is 0.0842. The molecule has 10 nitrogen and oxygen atoms in total. The Kier molecular flexibility index (Phi) is 11.0. The van der Waals surface area contributed by atoms with Gasteiger partial charge < -0.3 is 25.3 Å². The van der Waals surface area contributed by atoms with E-state index < -0.39 is 29.9 Å². The van der Waals surface area contributed by atoms with E-state index in [2.05, 4.69) is 5.32 Å². The summed E-state index contributed by atoms with van der Waals surface area (Å²) in [7, 11) is 0. The predicted octanol–water partition coefficient (Wildman–Crippen LogP) is 2.98. The number of amides is 1. The van der Waals surface area contributed by atoms with E-state index >= 15 is 0 Å². The van der Waals surface area contributed by atoms with Crippen molar-refractivity contribution in [2.75, 3.05) is 13.2 Å². The summed E-state index contributed by atoms with van der Waals surface area (Å²) in [6.45, 7) is 5.30. The van der Waals surface area contributed by atoms with Crippen LogP contribution in [-0.2, 0) is 23.9 Å². The third-order valence-electron chi connectivity index (χ3n) is 5.04. The molecule has 0 aromatic heterocycles. The van der Waals surface area contributed by atoms with Crippen molar-refractivity contribution in [1.82, 2.24) is 5.32 Å². The van der Waals surface area contributed by atoms with Crippen LogP contribution in [0.25, 0.3) is 6.08 Å². The van der Waals surface area contributed by atoms with Crippen LogP contribution in [0.5, 0.6) is 5.75 Å². The monoisotopic (exact) mass is 509 g/mol. The molecule has 0 heterocycles. The molecule has 0 unspecified atom stereocenters. The molecule has 0 aliphatic heterocycles. The minimum atomic E-state index is -0.782. The number of hydrogen-bond acceptors (Lipinski definition) is 8. The number of carbonyl (C=O) groups excluding carboxylic acids is 4. The molecular weight excluding hydrogens is 478 g/mol. The summed E-state index contributed by atoms with van der Waals surface area (Å²) in [5.41, 5.74) is 7.22. The van der Waals surface area contributed by atoms with E-state index in [0.29, 0.717) is 28.0 Å². The highest BCUT2D eigenvalue weighted by atomic mass is 16.5. The average Bonchev–Trinajstić information content (AvgIpc) is 2.84. The van der Waals surface area contributed by atoms with E-state index in [1.165, 1.54) is 0 Å². The van der Waals surface area contributed by atoms with Crippen LogP contribution in [0, 0.1) is 5.41 Å². The van der Waals surface area contributed by atoms with Gasteiger partial charge in [-0.1, -0.05) is 12.1 Å². The Morgan fingerprint density at radius 2 is 1.41 bits per heavy atom. The van der Waals surface area contributed by atoms with E-state index in [0.717, 1.165) is 0 Å². The fraction of sp³-hybridized carbons (Fsp3) is 0.296. The highest BCUT2D eigenvalue weighted by Crippen LogP contribution is 2.16. The van der Waals surface area contributed by atoms with Gasteiger partial charge in [-0.15, -0.1) is 0 Å². The summed E-state index contributed by atoms with van der Waals surface area (Å²) in [5.74, 6) is -1.87. The number of esters is 3. The Morgan fingerprint density at radius 3 is 1.89 bits per heavy atom. The van der Waals surface area contributed by atoms with Gasteiger partial charge in [0.1, 0.15) is 11.6 Å². The molecule has 0 aliphatic rings. The first kappa shape index (κ1) is 28.8. The fourth-order valence-corrected chi connectivity index (χ4v) is 3.22. The predicted molar refractivity (Wildman–Crippen MR) is 137 cm³/mol. The van der Waals surface area contributed by atoms with Crippen LogP contribution in [0.3, 0.4) is 0 Å². The molecule has 0 saturated carbocycles. The lowest BCUT2D eigenvalue weighted by Crippen LogP contribution is -2.39. The molecule has 0 saturated heterocycles. The number of amidine groups is 1. The lowest BCUT2D eigenvalue weighted by Gasteiger charge is -2.17. The van der Waals surface area contributed by atoms with Crippen molar-refractivity contribution < 1.29 is 33.4 Å². The number of rotatable bonds is 12. The van der Waals surface area contributed by atoms with Gasteiger partial charge in [-0.25, -0.2) is 4.79 Å². The zero-order valence-electron chi connectivity index (χ0n) is 21.0. The number of ether oxygens (including phenoxy) is 3. The Bertz CT molecular complexity index is 1140. The zero-order valence-corrected chi connectivity index (χ0v) is 21.0. The lowest BCUT2D eigenvalue weighted by atomic mass is 10.1. The first-order valence-corrected chi connectivity index (χ1v) is 11.7. The van der Waals surface area contributed by atoms with E-state index in [4.69, 9.17) is 25.4 Å². The Hall–Kier alpha value is -4.47. The molecule has 0 bridgehead atoms. The highest BCUT2D eigenvalue weighted by Gasteiger charge is 2.22. The molecule has 10 heteroatoms. The summed E-state index contributed by atoms with van der Waals surface area (Å²) >= 11 is 0. The zero-order chi connectivity index (χ0) is 27.4. The van der Waals surface area contributed by atoms with Gasteiger partial charge >= 0.3 is 17.9 Å². The standard InChI is InChI=1S/C27H31N3O7/c1-4-35-23(31)15-21(16-24(32)36-5-2)30-26(33)17(3)14-18-6-8-20(9-7-18)27(34)37-22-12-10-19(11-13-22)25(28)29/h6-14,21H,4-5,15-16H2,1-3H3,(H3,28,29)(H,30,33). The van der Waals surface area contributed by atoms with Gasteiger partial charge in [0.25, 0.3) is 0 Å². The van der Waals surface area contributed by atoms with Crippen molar-refractivity contribution >= 4 is 35.7 Å². The Labute approximate surface area is 215 Å². The SMILES string of the molecule is CCOC(=O)CC(CC(=O)OCC)NC(=O)C(C)=Cc1ccc(C(=O)Oc2ccc(C(=N)N)cc2)cc1.